The zero-order valence-electron chi connectivity index (χ0n) is 16.9. The highest BCUT2D eigenvalue weighted by atomic mass is 32.1. The lowest BCUT2D eigenvalue weighted by Gasteiger charge is -2.15. The van der Waals surface area contributed by atoms with Crippen molar-refractivity contribution >= 4 is 34.7 Å². The third kappa shape index (κ3) is 3.76. The first-order chi connectivity index (χ1) is 14.3. The van der Waals surface area contributed by atoms with Crippen molar-refractivity contribution in [3.63, 3.8) is 0 Å². The van der Waals surface area contributed by atoms with Crippen molar-refractivity contribution in [1.29, 1.82) is 0 Å². The van der Waals surface area contributed by atoms with Gasteiger partial charge in [0.2, 0.25) is 0 Å². The standard InChI is InChI=1S/C23H21N3O3S/c1-13(2)11-26-22(28)18-9-6-16(10-19(18)23(26)29)21(27)25-17-7-4-15(5-8-17)20-12-30-14(3)24-20/h4-10,12-13H,11H2,1-3H3,(H,25,27). The normalized spacial score (nSPS) is 13.1. The predicted octanol–water partition coefficient (Wildman–Crippen LogP) is 4.62. The van der Waals surface area contributed by atoms with E-state index in [4.69, 9.17) is 0 Å². The third-order valence-corrected chi connectivity index (χ3v) is 5.61. The van der Waals surface area contributed by atoms with Crippen LogP contribution in [0.15, 0.2) is 47.8 Å². The van der Waals surface area contributed by atoms with E-state index in [2.05, 4.69) is 10.3 Å². The molecule has 1 aliphatic rings. The molecule has 30 heavy (non-hydrogen) atoms. The number of aryl methyl sites for hydroxylation is 1. The van der Waals surface area contributed by atoms with Crippen molar-refractivity contribution in [2.75, 3.05) is 11.9 Å². The highest BCUT2D eigenvalue weighted by Crippen LogP contribution is 2.26. The molecule has 1 aromatic heterocycles. The van der Waals surface area contributed by atoms with Gasteiger partial charge in [0.1, 0.15) is 0 Å². The van der Waals surface area contributed by atoms with Crippen LogP contribution in [-0.4, -0.2) is 34.2 Å². The number of amides is 3. The number of rotatable bonds is 5. The summed E-state index contributed by atoms with van der Waals surface area (Å²) in [5.74, 6) is -0.812. The van der Waals surface area contributed by atoms with Crippen molar-refractivity contribution in [3.05, 3.63) is 69.5 Å². The van der Waals surface area contributed by atoms with Crippen LogP contribution in [0.5, 0.6) is 0 Å². The number of aromatic nitrogens is 1. The van der Waals surface area contributed by atoms with Crippen LogP contribution in [0.3, 0.4) is 0 Å². The molecule has 4 rings (SSSR count). The Balaban J connectivity index is 1.51. The Hall–Kier alpha value is -3.32. The molecule has 0 unspecified atom stereocenters. The molecule has 152 valence electrons. The first kappa shape index (κ1) is 20.0. The summed E-state index contributed by atoms with van der Waals surface area (Å²) in [6.45, 7) is 6.21. The molecule has 3 amide bonds. The van der Waals surface area contributed by atoms with Gasteiger partial charge in [-0.3, -0.25) is 19.3 Å². The lowest BCUT2D eigenvalue weighted by atomic mass is 10.1. The van der Waals surface area contributed by atoms with Gasteiger partial charge in [0, 0.05) is 28.7 Å². The number of carbonyl (C=O) groups excluding carboxylic acids is 3. The van der Waals surface area contributed by atoms with Crippen LogP contribution in [0.25, 0.3) is 11.3 Å². The maximum atomic E-state index is 12.7. The number of nitrogens with zero attached hydrogens (tertiary/aromatic N) is 2. The van der Waals surface area contributed by atoms with Crippen molar-refractivity contribution in [3.8, 4) is 11.3 Å². The number of hydrogen-bond acceptors (Lipinski definition) is 5. The molecule has 1 N–H and O–H groups in total. The van der Waals surface area contributed by atoms with Crippen LogP contribution in [0.1, 0.15) is 49.9 Å². The Morgan fingerprint density at radius 3 is 2.40 bits per heavy atom. The van der Waals surface area contributed by atoms with Gasteiger partial charge in [-0.25, -0.2) is 4.98 Å². The quantitative estimate of drug-likeness (QED) is 0.612. The molecular weight excluding hydrogens is 398 g/mol. The first-order valence-electron chi connectivity index (χ1n) is 9.67. The molecule has 3 aromatic rings. The average Bonchev–Trinajstić information content (AvgIpc) is 3.25. The van der Waals surface area contributed by atoms with Crippen molar-refractivity contribution < 1.29 is 14.4 Å². The molecule has 0 radical (unpaired) electrons. The highest BCUT2D eigenvalue weighted by molar-refractivity contribution is 7.09. The van der Waals surface area contributed by atoms with Gasteiger partial charge in [-0.1, -0.05) is 26.0 Å². The fraction of sp³-hybridized carbons (Fsp3) is 0.217. The minimum Gasteiger partial charge on any atom is -0.322 e. The van der Waals surface area contributed by atoms with Crippen LogP contribution in [0.2, 0.25) is 0 Å². The SMILES string of the molecule is Cc1nc(-c2ccc(NC(=O)c3ccc4c(c3)C(=O)N(CC(C)C)C4=O)cc2)cs1. The predicted molar refractivity (Wildman–Crippen MR) is 117 cm³/mol. The van der Waals surface area contributed by atoms with E-state index < -0.39 is 0 Å². The summed E-state index contributed by atoms with van der Waals surface area (Å²) in [6.07, 6.45) is 0. The van der Waals surface area contributed by atoms with E-state index in [0.29, 0.717) is 23.4 Å². The molecular formula is C23H21N3O3S. The van der Waals surface area contributed by atoms with Crippen LogP contribution >= 0.6 is 11.3 Å². The largest absolute Gasteiger partial charge is 0.322 e. The average molecular weight is 420 g/mol. The van der Waals surface area contributed by atoms with Crippen molar-refractivity contribution in [2.24, 2.45) is 5.92 Å². The fourth-order valence-electron chi connectivity index (χ4n) is 3.39. The maximum Gasteiger partial charge on any atom is 0.261 e. The summed E-state index contributed by atoms with van der Waals surface area (Å²) in [5, 5.41) is 5.83. The molecule has 0 bridgehead atoms. The summed E-state index contributed by atoms with van der Waals surface area (Å²) in [5.41, 5.74) is 3.48. The van der Waals surface area contributed by atoms with Gasteiger partial charge in [0.05, 0.1) is 21.8 Å². The van der Waals surface area contributed by atoms with Crippen LogP contribution in [0.4, 0.5) is 5.69 Å². The third-order valence-electron chi connectivity index (χ3n) is 4.84. The van der Waals surface area contributed by atoms with Crippen molar-refractivity contribution in [1.82, 2.24) is 9.88 Å². The molecule has 0 spiro atoms. The molecule has 0 saturated heterocycles. The van der Waals surface area contributed by atoms with E-state index in [1.54, 1.807) is 23.5 Å². The second-order valence-electron chi connectivity index (χ2n) is 7.66. The van der Waals surface area contributed by atoms with Gasteiger partial charge in [-0.15, -0.1) is 11.3 Å². The minimum atomic E-state index is -0.346. The highest BCUT2D eigenvalue weighted by Gasteiger charge is 2.36. The fourth-order valence-corrected chi connectivity index (χ4v) is 4.01. The van der Waals surface area contributed by atoms with Crippen LogP contribution < -0.4 is 5.32 Å². The summed E-state index contributed by atoms with van der Waals surface area (Å²) in [4.78, 5) is 43.5. The van der Waals surface area contributed by atoms with Crippen LogP contribution in [-0.2, 0) is 0 Å². The molecule has 0 fully saturated rings. The number of anilines is 1. The van der Waals surface area contributed by atoms with Gasteiger partial charge < -0.3 is 5.32 Å². The van der Waals surface area contributed by atoms with Gasteiger partial charge in [0.25, 0.3) is 17.7 Å². The Bertz CT molecular complexity index is 1150. The zero-order valence-corrected chi connectivity index (χ0v) is 17.7. The number of nitrogens with one attached hydrogen (secondary N) is 1. The zero-order chi connectivity index (χ0) is 21.4. The number of fused-ring (bicyclic) bond motifs is 1. The number of thiazole rings is 1. The van der Waals surface area contributed by atoms with Crippen molar-refractivity contribution in [2.45, 2.75) is 20.8 Å². The first-order valence-corrected chi connectivity index (χ1v) is 10.6. The van der Waals surface area contributed by atoms with E-state index in [9.17, 15) is 14.4 Å². The van der Waals surface area contributed by atoms with Gasteiger partial charge in [-0.2, -0.15) is 0 Å². The Kier molecular flexibility index (Phi) is 5.22. The van der Waals surface area contributed by atoms with E-state index in [0.717, 1.165) is 16.3 Å². The van der Waals surface area contributed by atoms with Gasteiger partial charge in [-0.05, 0) is 43.2 Å². The maximum absolute atomic E-state index is 12.7. The molecule has 0 aliphatic carbocycles. The van der Waals surface area contributed by atoms with E-state index in [1.165, 1.54) is 11.0 Å². The Morgan fingerprint density at radius 1 is 1.07 bits per heavy atom. The molecule has 2 heterocycles. The van der Waals surface area contributed by atoms with E-state index in [1.807, 2.05) is 50.4 Å². The monoisotopic (exact) mass is 419 g/mol. The van der Waals surface area contributed by atoms with Gasteiger partial charge in [0.15, 0.2) is 0 Å². The molecule has 7 heteroatoms. The number of imide groups is 1. The molecule has 2 aromatic carbocycles. The second kappa shape index (κ2) is 7.84. The lowest BCUT2D eigenvalue weighted by molar-refractivity contribution is 0.0636. The topological polar surface area (TPSA) is 79.4 Å². The molecule has 0 saturated carbocycles. The number of hydrogen-bond donors (Lipinski definition) is 1. The minimum absolute atomic E-state index is 0.172. The van der Waals surface area contributed by atoms with Crippen LogP contribution in [0, 0.1) is 12.8 Å². The van der Waals surface area contributed by atoms with E-state index >= 15 is 0 Å². The smallest absolute Gasteiger partial charge is 0.261 e. The van der Waals surface area contributed by atoms with E-state index in [-0.39, 0.29) is 29.2 Å². The summed E-state index contributed by atoms with van der Waals surface area (Å²) in [6, 6.07) is 12.1. The summed E-state index contributed by atoms with van der Waals surface area (Å²) < 4.78 is 0. The molecule has 0 atom stereocenters. The Morgan fingerprint density at radius 2 is 1.77 bits per heavy atom. The summed E-state index contributed by atoms with van der Waals surface area (Å²) >= 11 is 1.59. The van der Waals surface area contributed by atoms with Gasteiger partial charge >= 0.3 is 0 Å². The summed E-state index contributed by atoms with van der Waals surface area (Å²) in [7, 11) is 0. The number of carbonyl (C=O) groups is 3. The number of benzene rings is 2. The molecule has 6 nitrogen and oxygen atoms in total. The Labute approximate surface area is 178 Å². The molecule has 1 aliphatic heterocycles. The lowest BCUT2D eigenvalue weighted by Crippen LogP contribution is -2.33. The second-order valence-corrected chi connectivity index (χ2v) is 8.72.